The topological polar surface area (TPSA) is 29.1 Å². The van der Waals surface area contributed by atoms with Crippen molar-refractivity contribution in [3.05, 3.63) is 49.6 Å². The third-order valence-corrected chi connectivity index (χ3v) is 4.98. The van der Waals surface area contributed by atoms with Crippen LogP contribution >= 0.6 is 27.3 Å². The highest BCUT2D eigenvalue weighted by molar-refractivity contribution is 9.11. The molecule has 0 saturated heterocycles. The van der Waals surface area contributed by atoms with E-state index in [1.165, 1.54) is 22.5 Å². The van der Waals surface area contributed by atoms with Crippen molar-refractivity contribution in [3.63, 3.8) is 0 Å². The molecule has 0 unspecified atom stereocenters. The van der Waals surface area contributed by atoms with Crippen LogP contribution in [0.2, 0.25) is 0 Å². The fourth-order valence-electron chi connectivity index (χ4n) is 1.58. The summed E-state index contributed by atoms with van der Waals surface area (Å²) in [5.74, 6) is -0.0583. The summed E-state index contributed by atoms with van der Waals surface area (Å²) in [5, 5.41) is 2.92. The molecule has 2 aromatic rings. The lowest BCUT2D eigenvalue weighted by Gasteiger charge is -2.06. The van der Waals surface area contributed by atoms with Crippen molar-refractivity contribution in [2.24, 2.45) is 0 Å². The molecule has 0 radical (unpaired) electrons. The number of nitrogens with one attached hydrogen (secondary N) is 1. The van der Waals surface area contributed by atoms with Crippen LogP contribution in [0.25, 0.3) is 0 Å². The van der Waals surface area contributed by atoms with Gasteiger partial charge in [-0.25, -0.2) is 0 Å². The van der Waals surface area contributed by atoms with Gasteiger partial charge in [0, 0.05) is 5.69 Å². The zero-order chi connectivity index (χ0) is 13.3. The highest BCUT2D eigenvalue weighted by atomic mass is 79.9. The lowest BCUT2D eigenvalue weighted by atomic mass is 10.1. The molecule has 0 aliphatic heterocycles. The third-order valence-electron chi connectivity index (χ3n) is 2.85. The number of hydrogen-bond acceptors (Lipinski definition) is 2. The van der Waals surface area contributed by atoms with Crippen LogP contribution in [0.3, 0.4) is 0 Å². The third kappa shape index (κ3) is 2.82. The Labute approximate surface area is 119 Å². The number of carbonyl (C=O) groups excluding carboxylic acids is 1. The van der Waals surface area contributed by atoms with Gasteiger partial charge in [-0.05, 0) is 71.6 Å². The predicted octanol–water partition coefficient (Wildman–Crippen LogP) is 4.69. The van der Waals surface area contributed by atoms with E-state index in [4.69, 9.17) is 0 Å². The van der Waals surface area contributed by atoms with Crippen LogP contribution in [-0.4, -0.2) is 5.91 Å². The standard InChI is InChI=1S/C14H14BrNOS/c1-8-4-5-11(6-9(8)2)16-14(17)12-7-10(3)13(15)18-12/h4-7H,1-3H3,(H,16,17). The van der Waals surface area contributed by atoms with Crippen LogP contribution < -0.4 is 5.32 Å². The Morgan fingerprint density at radius 3 is 2.39 bits per heavy atom. The molecule has 0 atom stereocenters. The van der Waals surface area contributed by atoms with Crippen molar-refractivity contribution in [1.29, 1.82) is 0 Å². The summed E-state index contributed by atoms with van der Waals surface area (Å²) in [4.78, 5) is 12.8. The fraction of sp³-hybridized carbons (Fsp3) is 0.214. The molecule has 18 heavy (non-hydrogen) atoms. The zero-order valence-corrected chi connectivity index (χ0v) is 12.9. The predicted molar refractivity (Wildman–Crippen MR) is 80.6 cm³/mol. The molecule has 0 aliphatic carbocycles. The average molecular weight is 324 g/mol. The van der Waals surface area contributed by atoms with E-state index < -0.39 is 0 Å². The number of anilines is 1. The molecule has 1 aromatic carbocycles. The molecule has 1 heterocycles. The molecule has 1 N–H and O–H groups in total. The van der Waals surface area contributed by atoms with Gasteiger partial charge in [-0.3, -0.25) is 4.79 Å². The Kier molecular flexibility index (Phi) is 3.88. The summed E-state index contributed by atoms with van der Waals surface area (Å²) in [7, 11) is 0. The first-order valence-electron chi connectivity index (χ1n) is 5.62. The second-order valence-electron chi connectivity index (χ2n) is 4.32. The Morgan fingerprint density at radius 1 is 1.11 bits per heavy atom. The van der Waals surface area contributed by atoms with E-state index >= 15 is 0 Å². The largest absolute Gasteiger partial charge is 0.321 e. The van der Waals surface area contributed by atoms with Crippen LogP contribution in [-0.2, 0) is 0 Å². The summed E-state index contributed by atoms with van der Waals surface area (Å²) < 4.78 is 1.01. The van der Waals surface area contributed by atoms with Crippen molar-refractivity contribution in [1.82, 2.24) is 0 Å². The Bertz CT molecular complexity index is 584. The van der Waals surface area contributed by atoms with E-state index in [0.717, 1.165) is 19.9 Å². The maximum atomic E-state index is 12.1. The summed E-state index contributed by atoms with van der Waals surface area (Å²) in [6.07, 6.45) is 0. The SMILES string of the molecule is Cc1ccc(NC(=O)c2cc(C)c(Br)s2)cc1C. The van der Waals surface area contributed by atoms with Crippen molar-refractivity contribution in [3.8, 4) is 0 Å². The molecular formula is C14H14BrNOS. The number of benzene rings is 1. The number of amides is 1. The van der Waals surface area contributed by atoms with Gasteiger partial charge in [0.25, 0.3) is 5.91 Å². The van der Waals surface area contributed by atoms with Crippen LogP contribution in [0.5, 0.6) is 0 Å². The van der Waals surface area contributed by atoms with Crippen LogP contribution in [0, 0.1) is 20.8 Å². The quantitative estimate of drug-likeness (QED) is 0.853. The molecule has 2 nitrogen and oxygen atoms in total. The molecule has 2 rings (SSSR count). The van der Waals surface area contributed by atoms with Gasteiger partial charge in [0.15, 0.2) is 0 Å². The number of thiophene rings is 1. The van der Waals surface area contributed by atoms with Crippen molar-refractivity contribution in [2.75, 3.05) is 5.32 Å². The van der Waals surface area contributed by atoms with Gasteiger partial charge in [-0.2, -0.15) is 0 Å². The Hall–Kier alpha value is -1.13. The summed E-state index contributed by atoms with van der Waals surface area (Å²) in [5.41, 5.74) is 4.33. The van der Waals surface area contributed by atoms with Gasteiger partial charge in [0.2, 0.25) is 0 Å². The molecular weight excluding hydrogens is 310 g/mol. The summed E-state index contributed by atoms with van der Waals surface area (Å²) in [6.45, 7) is 6.07. The van der Waals surface area contributed by atoms with E-state index in [9.17, 15) is 4.79 Å². The van der Waals surface area contributed by atoms with E-state index in [2.05, 4.69) is 28.2 Å². The number of rotatable bonds is 2. The molecule has 0 saturated carbocycles. The van der Waals surface area contributed by atoms with E-state index in [1.807, 2.05) is 38.1 Å². The molecule has 1 amide bonds. The van der Waals surface area contributed by atoms with Crippen LogP contribution in [0.15, 0.2) is 28.1 Å². The van der Waals surface area contributed by atoms with E-state index in [1.54, 1.807) is 0 Å². The van der Waals surface area contributed by atoms with Gasteiger partial charge in [0.1, 0.15) is 0 Å². The fourth-order valence-corrected chi connectivity index (χ4v) is 3.01. The first kappa shape index (κ1) is 13.3. The lowest BCUT2D eigenvalue weighted by molar-refractivity contribution is 0.103. The second-order valence-corrected chi connectivity index (χ2v) is 6.69. The first-order valence-corrected chi connectivity index (χ1v) is 7.23. The molecule has 94 valence electrons. The second kappa shape index (κ2) is 5.24. The minimum atomic E-state index is -0.0583. The monoisotopic (exact) mass is 323 g/mol. The number of hydrogen-bond donors (Lipinski definition) is 1. The Balaban J connectivity index is 2.18. The molecule has 0 bridgehead atoms. The first-order chi connectivity index (χ1) is 8.47. The van der Waals surface area contributed by atoms with Crippen molar-refractivity contribution < 1.29 is 4.79 Å². The summed E-state index contributed by atoms with van der Waals surface area (Å²) >= 11 is 4.88. The normalized spacial score (nSPS) is 10.4. The van der Waals surface area contributed by atoms with Crippen molar-refractivity contribution >= 4 is 38.9 Å². The highest BCUT2D eigenvalue weighted by Gasteiger charge is 2.11. The van der Waals surface area contributed by atoms with Gasteiger partial charge in [-0.1, -0.05) is 6.07 Å². The molecule has 0 spiro atoms. The van der Waals surface area contributed by atoms with Gasteiger partial charge >= 0.3 is 0 Å². The lowest BCUT2D eigenvalue weighted by Crippen LogP contribution is -2.10. The zero-order valence-electron chi connectivity index (χ0n) is 10.5. The van der Waals surface area contributed by atoms with Crippen molar-refractivity contribution in [2.45, 2.75) is 20.8 Å². The van der Waals surface area contributed by atoms with E-state index in [0.29, 0.717) is 0 Å². The minimum absolute atomic E-state index is 0.0583. The molecule has 4 heteroatoms. The number of carbonyl (C=O) groups is 1. The summed E-state index contributed by atoms with van der Waals surface area (Å²) in [6, 6.07) is 7.82. The average Bonchev–Trinajstić information content (AvgIpc) is 2.65. The molecule has 0 fully saturated rings. The molecule has 1 aromatic heterocycles. The molecule has 0 aliphatic rings. The number of halogens is 1. The maximum Gasteiger partial charge on any atom is 0.265 e. The van der Waals surface area contributed by atoms with E-state index in [-0.39, 0.29) is 5.91 Å². The van der Waals surface area contributed by atoms with Gasteiger partial charge in [-0.15, -0.1) is 11.3 Å². The van der Waals surface area contributed by atoms with Crippen LogP contribution in [0.1, 0.15) is 26.4 Å². The van der Waals surface area contributed by atoms with Gasteiger partial charge < -0.3 is 5.32 Å². The number of aryl methyl sites for hydroxylation is 3. The smallest absolute Gasteiger partial charge is 0.265 e. The highest BCUT2D eigenvalue weighted by Crippen LogP contribution is 2.28. The van der Waals surface area contributed by atoms with Crippen LogP contribution in [0.4, 0.5) is 5.69 Å². The maximum absolute atomic E-state index is 12.1. The Morgan fingerprint density at radius 2 is 1.83 bits per heavy atom. The van der Waals surface area contributed by atoms with Gasteiger partial charge in [0.05, 0.1) is 8.66 Å². The minimum Gasteiger partial charge on any atom is -0.321 e.